The van der Waals surface area contributed by atoms with Crippen molar-refractivity contribution in [2.75, 3.05) is 48.0 Å². The summed E-state index contributed by atoms with van der Waals surface area (Å²) in [7, 11) is 6.69. The summed E-state index contributed by atoms with van der Waals surface area (Å²) in [6.07, 6.45) is 2.25. The third-order valence-corrected chi connectivity index (χ3v) is 4.86. The minimum absolute atomic E-state index is 0.335. The van der Waals surface area contributed by atoms with Gasteiger partial charge in [-0.1, -0.05) is 13.8 Å². The number of benzene rings is 1. The van der Waals surface area contributed by atoms with Gasteiger partial charge in [0.1, 0.15) is 17.2 Å². The molecule has 1 aromatic carbocycles. The maximum absolute atomic E-state index is 5.51. The lowest BCUT2D eigenvalue weighted by Gasteiger charge is -2.22. The van der Waals surface area contributed by atoms with Crippen molar-refractivity contribution >= 4 is 5.96 Å². The van der Waals surface area contributed by atoms with Gasteiger partial charge in [-0.3, -0.25) is 4.99 Å². The smallest absolute Gasteiger partial charge is 0.191 e. The predicted molar refractivity (Wildman–Crippen MR) is 116 cm³/mol. The summed E-state index contributed by atoms with van der Waals surface area (Å²) >= 11 is 0. The summed E-state index contributed by atoms with van der Waals surface area (Å²) < 4.78 is 16.3. The van der Waals surface area contributed by atoms with Crippen molar-refractivity contribution in [2.24, 2.45) is 4.99 Å². The van der Waals surface area contributed by atoms with Crippen LogP contribution in [0.4, 0.5) is 0 Å². The van der Waals surface area contributed by atoms with E-state index in [0.29, 0.717) is 29.8 Å². The maximum atomic E-state index is 5.51. The molecule has 1 atom stereocenters. The number of aliphatic imine (C=N–C) groups is 1. The van der Waals surface area contributed by atoms with E-state index in [1.807, 2.05) is 12.1 Å². The van der Waals surface area contributed by atoms with Gasteiger partial charge in [0.15, 0.2) is 5.96 Å². The van der Waals surface area contributed by atoms with Crippen molar-refractivity contribution in [3.8, 4) is 17.2 Å². The molecule has 1 unspecified atom stereocenters. The fourth-order valence-electron chi connectivity index (χ4n) is 3.09. The third kappa shape index (κ3) is 7.46. The highest BCUT2D eigenvalue weighted by Gasteiger charge is 2.14. The number of rotatable bonds is 12. The summed E-state index contributed by atoms with van der Waals surface area (Å²) in [5.74, 6) is 2.88. The number of nitrogens with one attached hydrogen (secondary N) is 2. The van der Waals surface area contributed by atoms with Gasteiger partial charge in [0.25, 0.3) is 0 Å². The van der Waals surface area contributed by atoms with Crippen LogP contribution in [0.15, 0.2) is 17.1 Å². The van der Waals surface area contributed by atoms with Gasteiger partial charge in [0, 0.05) is 25.2 Å². The first-order valence-electron chi connectivity index (χ1n) is 10.0. The Morgan fingerprint density at radius 2 is 1.68 bits per heavy atom. The summed E-state index contributed by atoms with van der Waals surface area (Å²) in [6, 6.07) is 4.04. The minimum Gasteiger partial charge on any atom is -0.496 e. The third-order valence-electron chi connectivity index (χ3n) is 4.86. The van der Waals surface area contributed by atoms with Crippen LogP contribution in [-0.4, -0.2) is 64.9 Å². The van der Waals surface area contributed by atoms with Crippen molar-refractivity contribution in [3.63, 3.8) is 0 Å². The Hall–Kier alpha value is -2.15. The number of methoxy groups -OCH3 is 3. The Labute approximate surface area is 170 Å². The first kappa shape index (κ1) is 23.9. The molecular formula is C21H38N4O3. The second-order valence-electron chi connectivity index (χ2n) is 6.65. The van der Waals surface area contributed by atoms with Crippen molar-refractivity contribution in [1.82, 2.24) is 15.5 Å². The van der Waals surface area contributed by atoms with Crippen LogP contribution in [0.2, 0.25) is 0 Å². The zero-order valence-electron chi connectivity index (χ0n) is 18.6. The molecule has 0 aliphatic rings. The molecule has 0 saturated carbocycles. The molecule has 0 amide bonds. The van der Waals surface area contributed by atoms with E-state index < -0.39 is 0 Å². The van der Waals surface area contributed by atoms with Gasteiger partial charge >= 0.3 is 0 Å². The van der Waals surface area contributed by atoms with E-state index >= 15 is 0 Å². The normalized spacial score (nSPS) is 12.6. The molecule has 0 saturated heterocycles. The summed E-state index contributed by atoms with van der Waals surface area (Å²) in [6.45, 7) is 10.5. The molecule has 0 radical (unpaired) electrons. The highest BCUT2D eigenvalue weighted by molar-refractivity contribution is 5.80. The molecule has 7 nitrogen and oxygen atoms in total. The number of hydrogen-bond donors (Lipinski definition) is 2. The molecule has 0 spiro atoms. The van der Waals surface area contributed by atoms with Gasteiger partial charge < -0.3 is 29.7 Å². The van der Waals surface area contributed by atoms with Gasteiger partial charge in [0.05, 0.1) is 33.4 Å². The minimum atomic E-state index is 0.335. The molecule has 0 aromatic heterocycles. The average molecular weight is 395 g/mol. The highest BCUT2D eigenvalue weighted by atomic mass is 16.5. The Morgan fingerprint density at radius 1 is 1.07 bits per heavy atom. The molecule has 28 heavy (non-hydrogen) atoms. The van der Waals surface area contributed by atoms with E-state index in [1.165, 1.54) is 0 Å². The quantitative estimate of drug-likeness (QED) is 0.420. The summed E-state index contributed by atoms with van der Waals surface area (Å²) in [4.78, 5) is 6.79. The van der Waals surface area contributed by atoms with Gasteiger partial charge in [-0.25, -0.2) is 0 Å². The standard InChI is InChI=1S/C21H38N4O3/c1-8-25(9-2)12-10-11-16(3)24-21(22-4)23-15-18-19(27-6)13-17(26-5)14-20(18)28-7/h13-14,16H,8-12,15H2,1-7H3,(H2,22,23,24). The molecule has 1 rings (SSSR count). The second kappa shape index (κ2) is 13.1. The summed E-state index contributed by atoms with van der Waals surface area (Å²) in [5, 5.41) is 6.81. The van der Waals surface area contributed by atoms with Crippen LogP contribution in [0.5, 0.6) is 17.2 Å². The van der Waals surface area contributed by atoms with Crippen LogP contribution in [0, 0.1) is 0 Å². The lowest BCUT2D eigenvalue weighted by molar-refractivity contribution is 0.292. The second-order valence-corrected chi connectivity index (χ2v) is 6.65. The van der Waals surface area contributed by atoms with E-state index in [9.17, 15) is 0 Å². The fourth-order valence-corrected chi connectivity index (χ4v) is 3.09. The largest absolute Gasteiger partial charge is 0.496 e. The molecule has 160 valence electrons. The summed E-state index contributed by atoms with van der Waals surface area (Å²) in [5.41, 5.74) is 0.919. The van der Waals surface area contributed by atoms with Crippen molar-refractivity contribution < 1.29 is 14.2 Å². The monoisotopic (exact) mass is 394 g/mol. The SMILES string of the molecule is CCN(CC)CCCC(C)NC(=NC)NCc1c(OC)cc(OC)cc1OC. The van der Waals surface area contributed by atoms with Crippen LogP contribution < -0.4 is 24.8 Å². The molecule has 2 N–H and O–H groups in total. The van der Waals surface area contributed by atoms with Crippen molar-refractivity contribution in [1.29, 1.82) is 0 Å². The van der Waals surface area contributed by atoms with Crippen LogP contribution in [-0.2, 0) is 6.54 Å². The number of guanidine groups is 1. The van der Waals surface area contributed by atoms with E-state index in [2.05, 4.69) is 41.3 Å². The van der Waals surface area contributed by atoms with Gasteiger partial charge in [-0.2, -0.15) is 0 Å². The lowest BCUT2D eigenvalue weighted by atomic mass is 10.1. The molecule has 0 aliphatic carbocycles. The average Bonchev–Trinajstić information content (AvgIpc) is 2.73. The predicted octanol–water partition coefficient (Wildman–Crippen LogP) is 2.89. The number of hydrogen-bond acceptors (Lipinski definition) is 5. The maximum Gasteiger partial charge on any atom is 0.191 e. The Kier molecular flexibility index (Phi) is 11.2. The Bertz CT molecular complexity index is 578. The Morgan fingerprint density at radius 3 is 2.14 bits per heavy atom. The van der Waals surface area contributed by atoms with Crippen LogP contribution in [0.25, 0.3) is 0 Å². The number of nitrogens with zero attached hydrogens (tertiary/aromatic N) is 2. The van der Waals surface area contributed by atoms with Crippen LogP contribution in [0.1, 0.15) is 39.2 Å². The molecule has 0 aliphatic heterocycles. The van der Waals surface area contributed by atoms with E-state index in [1.54, 1.807) is 28.4 Å². The molecule has 0 heterocycles. The van der Waals surface area contributed by atoms with Crippen LogP contribution >= 0.6 is 0 Å². The molecule has 7 heteroatoms. The molecule has 1 aromatic rings. The van der Waals surface area contributed by atoms with Crippen LogP contribution in [0.3, 0.4) is 0 Å². The van der Waals surface area contributed by atoms with E-state index in [0.717, 1.165) is 44.0 Å². The van der Waals surface area contributed by atoms with Crippen molar-refractivity contribution in [2.45, 2.75) is 46.2 Å². The zero-order chi connectivity index (χ0) is 20.9. The fraction of sp³-hybridized carbons (Fsp3) is 0.667. The van der Waals surface area contributed by atoms with Crippen molar-refractivity contribution in [3.05, 3.63) is 17.7 Å². The topological polar surface area (TPSA) is 67.4 Å². The zero-order valence-corrected chi connectivity index (χ0v) is 18.6. The Balaban J connectivity index is 2.65. The highest BCUT2D eigenvalue weighted by Crippen LogP contribution is 2.33. The van der Waals surface area contributed by atoms with E-state index in [-0.39, 0.29) is 0 Å². The number of ether oxygens (including phenoxy) is 3. The molecule has 0 bridgehead atoms. The first-order valence-corrected chi connectivity index (χ1v) is 10.0. The lowest BCUT2D eigenvalue weighted by Crippen LogP contribution is -2.42. The first-order chi connectivity index (χ1) is 13.5. The van der Waals surface area contributed by atoms with E-state index in [4.69, 9.17) is 14.2 Å². The van der Waals surface area contributed by atoms with Gasteiger partial charge in [-0.15, -0.1) is 0 Å². The molecular weight excluding hydrogens is 356 g/mol. The molecule has 0 fully saturated rings. The van der Waals surface area contributed by atoms with Gasteiger partial charge in [0.2, 0.25) is 0 Å². The van der Waals surface area contributed by atoms with Gasteiger partial charge in [-0.05, 0) is 39.4 Å².